The number of carboxylic acid groups (broad SMARTS) is 1. The highest BCUT2D eigenvalue weighted by Gasteiger charge is 3.09. The van der Waals surface area contributed by atoms with Crippen LogP contribution >= 0.6 is 15.9 Å². The lowest BCUT2D eigenvalue weighted by molar-refractivity contribution is -0.421. The van der Waals surface area contributed by atoms with E-state index in [2.05, 4.69) is 15.9 Å². The van der Waals surface area contributed by atoms with Crippen molar-refractivity contribution in [2.45, 2.75) is 10.1 Å². The molecule has 6 aliphatic carbocycles. The van der Waals surface area contributed by atoms with E-state index >= 15 is 0 Å². The maximum Gasteiger partial charge on any atom is 0.310 e. The molecular formula is C10H9BrO4. The van der Waals surface area contributed by atoms with Crippen molar-refractivity contribution in [1.29, 1.82) is 0 Å². The molecule has 0 aromatic carbocycles. The third kappa shape index (κ3) is 0.349. The summed E-state index contributed by atoms with van der Waals surface area (Å²) >= 11 is 3.49. The van der Waals surface area contributed by atoms with Crippen molar-refractivity contribution in [3.8, 4) is 0 Å². The Labute approximate surface area is 93.4 Å². The van der Waals surface area contributed by atoms with Crippen molar-refractivity contribution < 1.29 is 20.1 Å². The SMILES string of the molecule is O=C(O)C12C3[C@@H]4[C@H]1C1[C@@H]2[C@H]3C4(Br)C1(O)O. The third-order valence-electron chi connectivity index (χ3n) is 6.35. The fraction of sp³-hybridized carbons (Fsp3) is 0.900. The normalized spacial score (nSPS) is 77.3. The number of aliphatic carboxylic acids is 1. The van der Waals surface area contributed by atoms with E-state index in [0.29, 0.717) is 0 Å². The van der Waals surface area contributed by atoms with Gasteiger partial charge in [-0.05, 0) is 29.6 Å². The number of carboxylic acids is 1. The molecule has 6 aliphatic rings. The largest absolute Gasteiger partial charge is 0.481 e. The first-order chi connectivity index (χ1) is 6.93. The summed E-state index contributed by atoms with van der Waals surface area (Å²) in [5, 5.41) is 29.4. The van der Waals surface area contributed by atoms with Crippen LogP contribution in [-0.2, 0) is 4.79 Å². The first kappa shape index (κ1) is 8.03. The number of hydrogen-bond acceptors (Lipinski definition) is 3. The minimum atomic E-state index is -1.66. The van der Waals surface area contributed by atoms with Gasteiger partial charge in [0.05, 0.1) is 9.74 Å². The zero-order chi connectivity index (χ0) is 10.5. The van der Waals surface area contributed by atoms with Gasteiger partial charge < -0.3 is 15.3 Å². The molecule has 6 saturated carbocycles. The molecular weight excluding hydrogens is 264 g/mol. The molecule has 5 heteroatoms. The molecule has 6 fully saturated rings. The van der Waals surface area contributed by atoms with Gasteiger partial charge in [-0.15, -0.1) is 0 Å². The molecule has 2 bridgehead atoms. The molecule has 4 unspecified atom stereocenters. The Morgan fingerprint density at radius 2 is 1.47 bits per heavy atom. The molecule has 0 saturated heterocycles. The molecule has 0 aliphatic heterocycles. The topological polar surface area (TPSA) is 77.8 Å². The van der Waals surface area contributed by atoms with Gasteiger partial charge in [0, 0.05) is 5.92 Å². The Hall–Kier alpha value is -0.130. The summed E-state index contributed by atoms with van der Waals surface area (Å²) < 4.78 is -0.568. The molecule has 3 N–H and O–H groups in total. The Morgan fingerprint density at radius 1 is 1.00 bits per heavy atom. The van der Waals surface area contributed by atoms with Crippen molar-refractivity contribution in [3.05, 3.63) is 0 Å². The van der Waals surface area contributed by atoms with E-state index in [1.807, 2.05) is 0 Å². The van der Waals surface area contributed by atoms with Gasteiger partial charge in [-0.3, -0.25) is 4.79 Å². The second-order valence-corrected chi connectivity index (χ2v) is 7.20. The van der Waals surface area contributed by atoms with E-state index in [1.165, 1.54) is 0 Å². The van der Waals surface area contributed by atoms with Gasteiger partial charge in [-0.2, -0.15) is 0 Å². The summed E-state index contributed by atoms with van der Waals surface area (Å²) in [6, 6.07) is 0. The summed E-state index contributed by atoms with van der Waals surface area (Å²) in [5.41, 5.74) is -0.551. The van der Waals surface area contributed by atoms with Crippen LogP contribution in [0.15, 0.2) is 0 Å². The second-order valence-electron chi connectivity index (χ2n) is 5.89. The average Bonchev–Trinajstić information content (AvgIpc) is 2.25. The van der Waals surface area contributed by atoms with Crippen molar-refractivity contribution in [3.63, 3.8) is 0 Å². The predicted molar refractivity (Wildman–Crippen MR) is 49.8 cm³/mol. The molecule has 80 valence electrons. The van der Waals surface area contributed by atoms with Crippen molar-refractivity contribution >= 4 is 21.9 Å². The molecule has 0 radical (unpaired) electrons. The molecule has 0 aromatic heterocycles. The molecule has 6 rings (SSSR count). The summed E-state index contributed by atoms with van der Waals surface area (Å²) in [7, 11) is 0. The van der Waals surface area contributed by atoms with E-state index < -0.39 is 21.5 Å². The highest BCUT2D eigenvalue weighted by molar-refractivity contribution is 9.10. The molecule has 0 spiro atoms. The van der Waals surface area contributed by atoms with Gasteiger partial charge in [-0.1, -0.05) is 15.9 Å². The molecule has 8 atom stereocenters. The van der Waals surface area contributed by atoms with Gasteiger partial charge in [0.1, 0.15) is 0 Å². The van der Waals surface area contributed by atoms with E-state index in [0.717, 1.165) is 0 Å². The summed E-state index contributed by atoms with van der Waals surface area (Å²) in [5.74, 6) is -1.90. The Kier molecular flexibility index (Phi) is 0.814. The minimum Gasteiger partial charge on any atom is -0.481 e. The Morgan fingerprint density at radius 3 is 1.87 bits per heavy atom. The number of alkyl halides is 1. The van der Waals surface area contributed by atoms with Crippen LogP contribution in [-0.4, -0.2) is 31.4 Å². The maximum atomic E-state index is 11.3. The Balaban J connectivity index is 1.76. The number of aliphatic hydroxyl groups is 2. The predicted octanol–water partition coefficient (Wildman–Crippen LogP) is -0.363. The Bertz CT molecular complexity index is 438. The van der Waals surface area contributed by atoms with Crippen LogP contribution in [0, 0.1) is 40.9 Å². The minimum absolute atomic E-state index is 0.0179. The first-order valence-corrected chi connectivity index (χ1v) is 6.09. The summed E-state index contributed by atoms with van der Waals surface area (Å²) in [4.78, 5) is 11.3. The van der Waals surface area contributed by atoms with Gasteiger partial charge in [0.2, 0.25) is 0 Å². The average molecular weight is 273 g/mol. The van der Waals surface area contributed by atoms with Crippen molar-refractivity contribution in [2.24, 2.45) is 40.9 Å². The van der Waals surface area contributed by atoms with Gasteiger partial charge in [0.25, 0.3) is 0 Å². The van der Waals surface area contributed by atoms with Gasteiger partial charge in [-0.25, -0.2) is 0 Å². The van der Waals surface area contributed by atoms with E-state index in [9.17, 15) is 20.1 Å². The molecule has 0 aromatic rings. The van der Waals surface area contributed by atoms with E-state index in [-0.39, 0.29) is 35.5 Å². The number of halogens is 1. The monoisotopic (exact) mass is 272 g/mol. The molecule has 0 heterocycles. The lowest BCUT2D eigenvalue weighted by Gasteiger charge is -2.89. The van der Waals surface area contributed by atoms with E-state index in [1.54, 1.807) is 0 Å². The summed E-state index contributed by atoms with van der Waals surface area (Å²) in [6.07, 6.45) is 0. The number of hydrogen-bond donors (Lipinski definition) is 3. The van der Waals surface area contributed by atoms with Gasteiger partial charge >= 0.3 is 5.97 Å². The lowest BCUT2D eigenvalue weighted by Crippen LogP contribution is -2.94. The van der Waals surface area contributed by atoms with Gasteiger partial charge in [0.15, 0.2) is 5.79 Å². The summed E-state index contributed by atoms with van der Waals surface area (Å²) in [6.45, 7) is 0. The van der Waals surface area contributed by atoms with Crippen LogP contribution < -0.4 is 0 Å². The highest BCUT2D eigenvalue weighted by Crippen LogP contribution is 3.03. The smallest absolute Gasteiger partial charge is 0.310 e. The number of carbonyl (C=O) groups is 1. The van der Waals surface area contributed by atoms with Crippen LogP contribution in [0.3, 0.4) is 0 Å². The fourth-order valence-corrected chi connectivity index (χ4v) is 7.66. The van der Waals surface area contributed by atoms with Crippen LogP contribution in [0.25, 0.3) is 0 Å². The number of rotatable bonds is 1. The van der Waals surface area contributed by atoms with Crippen LogP contribution in [0.1, 0.15) is 0 Å². The molecule has 15 heavy (non-hydrogen) atoms. The molecule has 4 nitrogen and oxygen atoms in total. The van der Waals surface area contributed by atoms with Crippen molar-refractivity contribution in [2.75, 3.05) is 0 Å². The third-order valence-corrected chi connectivity index (χ3v) is 7.99. The second kappa shape index (κ2) is 1.52. The van der Waals surface area contributed by atoms with Crippen LogP contribution in [0.5, 0.6) is 0 Å². The molecule has 0 amide bonds. The quantitative estimate of drug-likeness (QED) is 0.450. The van der Waals surface area contributed by atoms with E-state index in [4.69, 9.17) is 0 Å². The van der Waals surface area contributed by atoms with Crippen molar-refractivity contribution in [1.82, 2.24) is 0 Å². The highest BCUT2D eigenvalue weighted by atomic mass is 79.9. The zero-order valence-electron chi connectivity index (χ0n) is 7.59. The fourth-order valence-electron chi connectivity index (χ4n) is 6.26. The maximum absolute atomic E-state index is 11.3. The standard InChI is InChI=1S/C10H9BrO4/c11-9-4-1-5(9)3-6(10(9,14)15)2(4)8(1,3)7(12)13/h1-6,14-15H,(H,12,13)/t1?,2-,3-,4-,5+,6?,8?,9?/m0/s1. The first-order valence-electron chi connectivity index (χ1n) is 5.30. The lowest BCUT2D eigenvalue weighted by atomic mass is 9.13. The zero-order valence-corrected chi connectivity index (χ0v) is 9.18. The van der Waals surface area contributed by atoms with Crippen LogP contribution in [0.2, 0.25) is 0 Å². The van der Waals surface area contributed by atoms with Crippen LogP contribution in [0.4, 0.5) is 0 Å².